The highest BCUT2D eigenvalue weighted by Gasteiger charge is 2.32. The van der Waals surface area contributed by atoms with Gasteiger partial charge in [0.2, 0.25) is 0 Å². The summed E-state index contributed by atoms with van der Waals surface area (Å²) in [7, 11) is 1.56. The van der Waals surface area contributed by atoms with Crippen molar-refractivity contribution in [2.75, 3.05) is 20.1 Å². The number of nitrogens with zero attached hydrogens (tertiary/aromatic N) is 2. The minimum Gasteiger partial charge on any atom is -0.443 e. The van der Waals surface area contributed by atoms with Crippen LogP contribution in [-0.4, -0.2) is 46.8 Å². The first-order valence-electron chi connectivity index (χ1n) is 12.3. The first-order chi connectivity index (χ1) is 15.5. The lowest BCUT2D eigenvalue weighted by Crippen LogP contribution is -2.44. The van der Waals surface area contributed by atoms with Gasteiger partial charge in [0.25, 0.3) is 0 Å². The molecule has 2 N–H and O–H groups in total. The standard InChI is InChI=1S/C26H39N3O3/c1-18(2)19-8-10-20(11-9-19)28-14-12-21(13-15-28)29-24-7-5-4-6-22(24)23(16-30)25(29)17-32-26(31)27-3/h4-7,18-21,30H,8-17H2,1-3H3,(H,27,31). The van der Waals surface area contributed by atoms with E-state index < -0.39 is 6.09 Å². The van der Waals surface area contributed by atoms with E-state index in [1.54, 1.807) is 7.05 Å². The highest BCUT2D eigenvalue weighted by Crippen LogP contribution is 2.37. The molecule has 1 aliphatic heterocycles. The zero-order valence-electron chi connectivity index (χ0n) is 19.8. The van der Waals surface area contributed by atoms with E-state index in [4.69, 9.17) is 4.74 Å². The fraction of sp³-hybridized carbons (Fsp3) is 0.654. The normalized spacial score (nSPS) is 23.0. The average molecular weight is 442 g/mol. The van der Waals surface area contributed by atoms with Crippen molar-refractivity contribution >= 4 is 17.0 Å². The van der Waals surface area contributed by atoms with Crippen molar-refractivity contribution in [3.8, 4) is 0 Å². The van der Waals surface area contributed by atoms with Gasteiger partial charge in [-0.15, -0.1) is 0 Å². The summed E-state index contributed by atoms with van der Waals surface area (Å²) in [4.78, 5) is 14.5. The van der Waals surface area contributed by atoms with Gasteiger partial charge < -0.3 is 24.6 Å². The van der Waals surface area contributed by atoms with Crippen molar-refractivity contribution in [1.29, 1.82) is 0 Å². The van der Waals surface area contributed by atoms with Crippen LogP contribution in [0.4, 0.5) is 4.79 Å². The number of likely N-dealkylation sites (tertiary alicyclic amines) is 1. The molecular formula is C26H39N3O3. The van der Waals surface area contributed by atoms with Crippen molar-refractivity contribution < 1.29 is 14.6 Å². The molecule has 1 aromatic heterocycles. The number of aromatic nitrogens is 1. The van der Waals surface area contributed by atoms with Crippen LogP contribution in [0.3, 0.4) is 0 Å². The molecule has 4 rings (SSSR count). The van der Waals surface area contributed by atoms with Crippen LogP contribution in [0.25, 0.3) is 10.9 Å². The van der Waals surface area contributed by atoms with Crippen LogP contribution in [-0.2, 0) is 18.0 Å². The molecule has 2 aromatic rings. The van der Waals surface area contributed by atoms with Gasteiger partial charge in [0.1, 0.15) is 6.61 Å². The third kappa shape index (κ3) is 4.67. The number of para-hydroxylation sites is 1. The molecule has 0 unspecified atom stereocenters. The Labute approximate surface area is 191 Å². The molecule has 1 saturated heterocycles. The largest absolute Gasteiger partial charge is 0.443 e. The van der Waals surface area contributed by atoms with E-state index in [2.05, 4.69) is 40.8 Å². The number of aliphatic hydroxyl groups is 1. The molecule has 2 heterocycles. The smallest absolute Gasteiger partial charge is 0.407 e. The molecule has 1 amide bonds. The van der Waals surface area contributed by atoms with Gasteiger partial charge in [0, 0.05) is 48.7 Å². The van der Waals surface area contributed by atoms with Crippen LogP contribution in [0, 0.1) is 11.8 Å². The van der Waals surface area contributed by atoms with E-state index in [1.165, 1.54) is 25.7 Å². The maximum atomic E-state index is 11.8. The third-order valence-electron chi connectivity index (χ3n) is 7.89. The zero-order valence-corrected chi connectivity index (χ0v) is 19.8. The van der Waals surface area contributed by atoms with Gasteiger partial charge in [-0.05, 0) is 56.4 Å². The molecule has 32 heavy (non-hydrogen) atoms. The summed E-state index contributed by atoms with van der Waals surface area (Å²) in [5.41, 5.74) is 2.93. The molecule has 0 radical (unpaired) electrons. The molecule has 0 bridgehead atoms. The van der Waals surface area contributed by atoms with Gasteiger partial charge in [0.05, 0.1) is 12.3 Å². The number of hydrogen-bond acceptors (Lipinski definition) is 4. The lowest BCUT2D eigenvalue weighted by Gasteiger charge is -2.42. The number of nitrogens with one attached hydrogen (secondary N) is 1. The van der Waals surface area contributed by atoms with Crippen LogP contribution in [0.1, 0.15) is 69.7 Å². The Morgan fingerprint density at radius 1 is 1.09 bits per heavy atom. The molecule has 1 aliphatic carbocycles. The fourth-order valence-corrected chi connectivity index (χ4v) is 5.98. The minimum absolute atomic E-state index is 0.0577. The zero-order chi connectivity index (χ0) is 22.7. The highest BCUT2D eigenvalue weighted by molar-refractivity contribution is 5.85. The van der Waals surface area contributed by atoms with E-state index in [-0.39, 0.29) is 13.2 Å². The first kappa shape index (κ1) is 23.1. The molecule has 2 fully saturated rings. The summed E-state index contributed by atoms with van der Waals surface area (Å²) in [6.45, 7) is 7.06. The maximum absolute atomic E-state index is 11.8. The number of piperidine rings is 1. The van der Waals surface area contributed by atoms with Gasteiger partial charge >= 0.3 is 6.09 Å². The number of ether oxygens (including phenoxy) is 1. The van der Waals surface area contributed by atoms with E-state index in [0.717, 1.165) is 66.0 Å². The molecule has 1 aromatic carbocycles. The number of fused-ring (bicyclic) bond motifs is 1. The number of alkyl carbamates (subject to hydrolysis) is 1. The summed E-state index contributed by atoms with van der Waals surface area (Å²) in [6, 6.07) is 9.32. The number of amides is 1. The fourth-order valence-electron chi connectivity index (χ4n) is 5.98. The molecule has 6 heteroatoms. The third-order valence-corrected chi connectivity index (χ3v) is 7.89. The minimum atomic E-state index is -0.447. The number of benzene rings is 1. The van der Waals surface area contributed by atoms with Gasteiger partial charge in [0.15, 0.2) is 0 Å². The van der Waals surface area contributed by atoms with Crippen molar-refractivity contribution in [3.05, 3.63) is 35.5 Å². The van der Waals surface area contributed by atoms with E-state index in [9.17, 15) is 9.90 Å². The van der Waals surface area contributed by atoms with Crippen molar-refractivity contribution in [1.82, 2.24) is 14.8 Å². The Kier molecular flexibility index (Phi) is 7.41. The number of aliphatic hydroxyl groups excluding tert-OH is 1. The summed E-state index contributed by atoms with van der Waals surface area (Å²) in [6.07, 6.45) is 7.12. The molecule has 2 aliphatic rings. The van der Waals surface area contributed by atoms with Crippen molar-refractivity contribution in [2.24, 2.45) is 11.8 Å². The number of carbonyl (C=O) groups is 1. The van der Waals surface area contributed by atoms with Crippen LogP contribution in [0.15, 0.2) is 24.3 Å². The van der Waals surface area contributed by atoms with Crippen LogP contribution < -0.4 is 5.32 Å². The second kappa shape index (κ2) is 10.3. The van der Waals surface area contributed by atoms with E-state index >= 15 is 0 Å². The Morgan fingerprint density at radius 2 is 1.78 bits per heavy atom. The second-order valence-electron chi connectivity index (χ2n) is 9.88. The molecule has 0 spiro atoms. The topological polar surface area (TPSA) is 66.7 Å². The number of rotatable bonds is 6. The Morgan fingerprint density at radius 3 is 2.41 bits per heavy atom. The van der Waals surface area contributed by atoms with Gasteiger partial charge in [-0.1, -0.05) is 32.0 Å². The van der Waals surface area contributed by atoms with Crippen LogP contribution >= 0.6 is 0 Å². The summed E-state index contributed by atoms with van der Waals surface area (Å²) in [5.74, 6) is 1.70. The summed E-state index contributed by atoms with van der Waals surface area (Å²) >= 11 is 0. The monoisotopic (exact) mass is 441 g/mol. The van der Waals surface area contributed by atoms with Crippen molar-refractivity contribution in [3.63, 3.8) is 0 Å². The van der Waals surface area contributed by atoms with Gasteiger partial charge in [-0.2, -0.15) is 0 Å². The Balaban J connectivity index is 1.51. The first-order valence-corrected chi connectivity index (χ1v) is 12.3. The summed E-state index contributed by atoms with van der Waals surface area (Å²) < 4.78 is 7.78. The predicted octanol–water partition coefficient (Wildman–Crippen LogP) is 4.84. The lowest BCUT2D eigenvalue weighted by molar-refractivity contribution is 0.0872. The predicted molar refractivity (Wildman–Crippen MR) is 128 cm³/mol. The summed E-state index contributed by atoms with van der Waals surface area (Å²) in [5, 5.41) is 13.7. The van der Waals surface area contributed by atoms with Crippen LogP contribution in [0.2, 0.25) is 0 Å². The second-order valence-corrected chi connectivity index (χ2v) is 9.88. The van der Waals surface area contributed by atoms with E-state index in [0.29, 0.717) is 6.04 Å². The molecular weight excluding hydrogens is 402 g/mol. The number of carbonyl (C=O) groups excluding carboxylic acids is 1. The van der Waals surface area contributed by atoms with Crippen LogP contribution in [0.5, 0.6) is 0 Å². The van der Waals surface area contributed by atoms with E-state index in [1.807, 2.05) is 12.1 Å². The Hall–Kier alpha value is -2.05. The molecule has 1 saturated carbocycles. The maximum Gasteiger partial charge on any atom is 0.407 e. The van der Waals surface area contributed by atoms with Crippen molar-refractivity contribution in [2.45, 2.75) is 77.7 Å². The molecule has 6 nitrogen and oxygen atoms in total. The average Bonchev–Trinajstić information content (AvgIpc) is 3.15. The molecule has 176 valence electrons. The van der Waals surface area contributed by atoms with Gasteiger partial charge in [-0.25, -0.2) is 4.79 Å². The number of hydrogen-bond donors (Lipinski definition) is 2. The SMILES string of the molecule is CNC(=O)OCc1c(CO)c2ccccc2n1C1CCN(C2CCC(C(C)C)CC2)CC1. The van der Waals surface area contributed by atoms with Gasteiger partial charge in [-0.3, -0.25) is 0 Å². The quantitative estimate of drug-likeness (QED) is 0.673. The lowest BCUT2D eigenvalue weighted by atomic mass is 9.79. The molecule has 0 atom stereocenters. The Bertz CT molecular complexity index is 906. The highest BCUT2D eigenvalue weighted by atomic mass is 16.5.